The second-order valence-corrected chi connectivity index (χ2v) is 9.03. The van der Waals surface area contributed by atoms with Gasteiger partial charge in [0.2, 0.25) is 0 Å². The van der Waals surface area contributed by atoms with Gasteiger partial charge in [-0.3, -0.25) is 9.59 Å². The molecule has 2 aromatic heterocycles. The van der Waals surface area contributed by atoms with Crippen molar-refractivity contribution < 1.29 is 19.1 Å². The number of ether oxygens (including phenoxy) is 2. The van der Waals surface area contributed by atoms with E-state index in [0.717, 1.165) is 22.9 Å². The maximum atomic E-state index is 13.4. The zero-order chi connectivity index (χ0) is 27.2. The molecule has 0 saturated heterocycles. The minimum Gasteiger partial charge on any atom is -0.493 e. The number of para-hydroxylation sites is 1. The Labute approximate surface area is 220 Å². The standard InChI is InChI=1S/C29H32N4O5/c1-5-13-38-25-12-11-19(14-22(25)26-31-18(4)17(3)27(34)33-26)28(35)32-24(29(36)37-6-2)15-20-16-30-23-10-8-7-9-21(20)23/h7-12,14,16,24,30H,5-6,13,15H2,1-4H3,(H,32,35)(H,31,33,34). The molecule has 0 spiro atoms. The minimum atomic E-state index is -0.902. The van der Waals surface area contributed by atoms with Gasteiger partial charge in [-0.15, -0.1) is 0 Å². The van der Waals surface area contributed by atoms with Crippen LogP contribution in [0.25, 0.3) is 22.3 Å². The Morgan fingerprint density at radius 2 is 1.89 bits per heavy atom. The van der Waals surface area contributed by atoms with Gasteiger partial charge in [0, 0.05) is 40.3 Å². The summed E-state index contributed by atoms with van der Waals surface area (Å²) in [6.07, 6.45) is 2.88. The molecule has 198 valence electrons. The zero-order valence-corrected chi connectivity index (χ0v) is 22.0. The number of hydrogen-bond donors (Lipinski definition) is 3. The maximum absolute atomic E-state index is 13.4. The Hall–Kier alpha value is -4.40. The number of nitrogens with one attached hydrogen (secondary N) is 3. The van der Waals surface area contributed by atoms with Crippen molar-refractivity contribution in [1.82, 2.24) is 20.3 Å². The monoisotopic (exact) mass is 516 g/mol. The van der Waals surface area contributed by atoms with E-state index in [-0.39, 0.29) is 24.2 Å². The summed E-state index contributed by atoms with van der Waals surface area (Å²) in [7, 11) is 0. The van der Waals surface area contributed by atoms with Crippen LogP contribution in [0.4, 0.5) is 0 Å². The number of aromatic amines is 2. The highest BCUT2D eigenvalue weighted by Gasteiger charge is 2.25. The molecule has 3 N–H and O–H groups in total. The lowest BCUT2D eigenvalue weighted by atomic mass is 10.0. The number of esters is 1. The second-order valence-electron chi connectivity index (χ2n) is 9.03. The van der Waals surface area contributed by atoms with Crippen molar-refractivity contribution in [2.24, 2.45) is 0 Å². The van der Waals surface area contributed by atoms with Crippen molar-refractivity contribution >= 4 is 22.8 Å². The molecule has 1 unspecified atom stereocenters. The van der Waals surface area contributed by atoms with E-state index in [1.165, 1.54) is 0 Å². The Morgan fingerprint density at radius 3 is 2.63 bits per heavy atom. The van der Waals surface area contributed by atoms with Crippen LogP contribution in [-0.4, -0.2) is 46.1 Å². The van der Waals surface area contributed by atoms with Crippen molar-refractivity contribution in [3.8, 4) is 17.1 Å². The lowest BCUT2D eigenvalue weighted by Crippen LogP contribution is -2.43. The largest absolute Gasteiger partial charge is 0.493 e. The molecule has 0 aliphatic heterocycles. The lowest BCUT2D eigenvalue weighted by molar-refractivity contribution is -0.145. The van der Waals surface area contributed by atoms with Crippen LogP contribution in [0.1, 0.15) is 47.4 Å². The molecule has 0 bridgehead atoms. The highest BCUT2D eigenvalue weighted by molar-refractivity contribution is 5.98. The molecule has 0 aliphatic rings. The van der Waals surface area contributed by atoms with Gasteiger partial charge in [-0.2, -0.15) is 0 Å². The average Bonchev–Trinajstić information content (AvgIpc) is 3.32. The van der Waals surface area contributed by atoms with Crippen LogP contribution >= 0.6 is 0 Å². The number of hydrogen-bond acceptors (Lipinski definition) is 6. The maximum Gasteiger partial charge on any atom is 0.328 e. The third kappa shape index (κ3) is 5.77. The molecular formula is C29H32N4O5. The number of nitrogens with zero attached hydrogens (tertiary/aromatic N) is 1. The Morgan fingerprint density at radius 1 is 1.11 bits per heavy atom. The van der Waals surface area contributed by atoms with E-state index >= 15 is 0 Å². The first-order valence-corrected chi connectivity index (χ1v) is 12.7. The summed E-state index contributed by atoms with van der Waals surface area (Å²) in [5.41, 5.74) is 3.45. The number of aromatic nitrogens is 3. The first-order chi connectivity index (χ1) is 18.3. The van der Waals surface area contributed by atoms with Gasteiger partial charge in [0.1, 0.15) is 17.6 Å². The van der Waals surface area contributed by atoms with Crippen molar-refractivity contribution in [2.45, 2.75) is 46.6 Å². The van der Waals surface area contributed by atoms with E-state index in [0.29, 0.717) is 35.0 Å². The average molecular weight is 517 g/mol. The predicted octanol–water partition coefficient (Wildman–Crippen LogP) is 4.23. The second kappa shape index (κ2) is 11.8. The summed E-state index contributed by atoms with van der Waals surface area (Å²) in [5.74, 6) is -0.179. The molecule has 1 amide bonds. The summed E-state index contributed by atoms with van der Waals surface area (Å²) >= 11 is 0. The van der Waals surface area contributed by atoms with Gasteiger partial charge >= 0.3 is 5.97 Å². The van der Waals surface area contributed by atoms with E-state index in [9.17, 15) is 14.4 Å². The molecule has 1 atom stereocenters. The van der Waals surface area contributed by atoms with E-state index in [1.807, 2.05) is 37.4 Å². The van der Waals surface area contributed by atoms with Crippen molar-refractivity contribution in [3.05, 3.63) is 81.4 Å². The van der Waals surface area contributed by atoms with Crippen molar-refractivity contribution in [3.63, 3.8) is 0 Å². The van der Waals surface area contributed by atoms with E-state index in [2.05, 4.69) is 20.3 Å². The predicted molar refractivity (Wildman–Crippen MR) is 145 cm³/mol. The SMILES string of the molecule is CCCOc1ccc(C(=O)NC(Cc2c[nH]c3ccccc23)C(=O)OCC)cc1-c1nc(C)c(C)c(=O)[nH]1. The van der Waals surface area contributed by atoms with Gasteiger partial charge in [0.25, 0.3) is 11.5 Å². The highest BCUT2D eigenvalue weighted by Crippen LogP contribution is 2.29. The number of carbonyl (C=O) groups is 2. The van der Waals surface area contributed by atoms with Gasteiger partial charge < -0.3 is 24.8 Å². The van der Waals surface area contributed by atoms with Crippen LogP contribution in [-0.2, 0) is 16.0 Å². The first-order valence-electron chi connectivity index (χ1n) is 12.7. The minimum absolute atomic E-state index is 0.193. The fraction of sp³-hybridized carbons (Fsp3) is 0.310. The van der Waals surface area contributed by atoms with Crippen LogP contribution in [0.2, 0.25) is 0 Å². The molecule has 38 heavy (non-hydrogen) atoms. The summed E-state index contributed by atoms with van der Waals surface area (Å²) in [5, 5.41) is 3.81. The Bertz CT molecular complexity index is 1520. The number of amides is 1. The topological polar surface area (TPSA) is 126 Å². The van der Waals surface area contributed by atoms with E-state index in [4.69, 9.17) is 9.47 Å². The lowest BCUT2D eigenvalue weighted by Gasteiger charge is -2.18. The molecule has 0 saturated carbocycles. The number of aryl methyl sites for hydroxylation is 1. The molecular weight excluding hydrogens is 484 g/mol. The van der Waals surface area contributed by atoms with Crippen LogP contribution in [0.5, 0.6) is 5.75 Å². The fourth-order valence-electron chi connectivity index (χ4n) is 4.16. The van der Waals surface area contributed by atoms with Gasteiger partial charge in [-0.05, 0) is 57.0 Å². The summed E-state index contributed by atoms with van der Waals surface area (Å²) in [6.45, 7) is 7.82. The zero-order valence-electron chi connectivity index (χ0n) is 22.0. The number of H-pyrrole nitrogens is 2. The van der Waals surface area contributed by atoms with Gasteiger partial charge in [-0.25, -0.2) is 9.78 Å². The first kappa shape index (κ1) is 26.7. The summed E-state index contributed by atoms with van der Waals surface area (Å²) < 4.78 is 11.1. The fourth-order valence-corrected chi connectivity index (χ4v) is 4.16. The third-order valence-electron chi connectivity index (χ3n) is 6.33. The van der Waals surface area contributed by atoms with Crippen LogP contribution in [0.15, 0.2) is 53.5 Å². The third-order valence-corrected chi connectivity index (χ3v) is 6.33. The van der Waals surface area contributed by atoms with Gasteiger partial charge in [0.15, 0.2) is 0 Å². The van der Waals surface area contributed by atoms with Gasteiger partial charge in [-0.1, -0.05) is 25.1 Å². The van der Waals surface area contributed by atoms with Crippen LogP contribution in [0, 0.1) is 13.8 Å². The number of rotatable bonds is 10. The molecule has 0 aliphatic carbocycles. The van der Waals surface area contributed by atoms with Gasteiger partial charge in [0.05, 0.1) is 18.8 Å². The molecule has 2 heterocycles. The molecule has 0 radical (unpaired) electrons. The molecule has 4 rings (SSSR count). The Kier molecular flexibility index (Phi) is 8.25. The molecule has 9 heteroatoms. The van der Waals surface area contributed by atoms with Crippen molar-refractivity contribution in [1.29, 1.82) is 0 Å². The molecule has 2 aromatic carbocycles. The number of carbonyl (C=O) groups excluding carboxylic acids is 2. The van der Waals surface area contributed by atoms with Crippen LogP contribution < -0.4 is 15.6 Å². The van der Waals surface area contributed by atoms with Crippen LogP contribution in [0.3, 0.4) is 0 Å². The number of benzene rings is 2. The summed E-state index contributed by atoms with van der Waals surface area (Å²) in [6, 6.07) is 11.8. The van der Waals surface area contributed by atoms with Crippen molar-refractivity contribution in [2.75, 3.05) is 13.2 Å². The van der Waals surface area contributed by atoms with E-state index < -0.39 is 17.9 Å². The molecule has 0 fully saturated rings. The summed E-state index contributed by atoms with van der Waals surface area (Å²) in [4.78, 5) is 49.2. The quantitative estimate of drug-likeness (QED) is 0.271. The highest BCUT2D eigenvalue weighted by atomic mass is 16.5. The smallest absolute Gasteiger partial charge is 0.328 e. The number of fused-ring (bicyclic) bond motifs is 1. The van der Waals surface area contributed by atoms with E-state index in [1.54, 1.807) is 39.0 Å². The Balaban J connectivity index is 1.66. The molecule has 9 nitrogen and oxygen atoms in total. The molecule has 4 aromatic rings. The normalized spacial score (nSPS) is 11.8.